The Balaban J connectivity index is 0.000000848. The van der Waals surface area contributed by atoms with Gasteiger partial charge in [0.1, 0.15) is 36.2 Å². The molecule has 7 heteroatoms. The number of phenolic OH excluding ortho intramolecular Hbond substituents is 2. The van der Waals surface area contributed by atoms with Crippen molar-refractivity contribution in [2.24, 2.45) is 0 Å². The molecule has 4 nitrogen and oxygen atoms in total. The largest absolute Gasteiger partial charge is 0.508 e. The van der Waals surface area contributed by atoms with Gasteiger partial charge in [0.05, 0.1) is 4.47 Å². The van der Waals surface area contributed by atoms with Crippen molar-refractivity contribution >= 4 is 31.9 Å². The molecule has 0 atom stereocenters. The monoisotopic (exact) mass is 1100 g/mol. The summed E-state index contributed by atoms with van der Waals surface area (Å²) in [6, 6.07) is 67.3. The molecule has 2 N–H and O–H groups in total. The van der Waals surface area contributed by atoms with Crippen LogP contribution in [0, 0.1) is 21.3 Å². The number of halogens is 2. The molecule has 0 aromatic heterocycles. The number of hydrogen-bond acceptors (Lipinski definition) is 4. The molecule has 0 amide bonds. The molecular weight excluding hydrogens is 1040 g/mol. The van der Waals surface area contributed by atoms with Crippen LogP contribution in [0.1, 0.15) is 63.8 Å². The minimum Gasteiger partial charge on any atom is -0.508 e. The van der Waals surface area contributed by atoms with Gasteiger partial charge in [-0.05, 0) is 106 Å². The van der Waals surface area contributed by atoms with Crippen molar-refractivity contribution in [3.63, 3.8) is 0 Å². The number of benzene rings is 8. The molecule has 0 heterocycles. The molecule has 0 spiro atoms. The molecule has 8 aromatic rings. The fraction of sp³-hybridized carbons (Fsp3) is 0.169. The molecule has 0 aliphatic carbocycles. The van der Waals surface area contributed by atoms with Crippen LogP contribution in [0.3, 0.4) is 0 Å². The molecule has 8 rings (SSSR count). The van der Waals surface area contributed by atoms with E-state index in [-0.39, 0.29) is 39.3 Å². The van der Waals surface area contributed by atoms with E-state index < -0.39 is 0 Å². The third-order valence-electron chi connectivity index (χ3n) is 8.58. The summed E-state index contributed by atoms with van der Waals surface area (Å²) in [6.07, 6.45) is 0. The zero-order valence-corrected chi connectivity index (χ0v) is 44.6. The third-order valence-corrected chi connectivity index (χ3v) is 9.77. The van der Waals surface area contributed by atoms with Crippen LogP contribution >= 0.6 is 31.9 Å². The van der Waals surface area contributed by atoms with Gasteiger partial charge in [-0.25, -0.2) is 0 Å². The van der Waals surface area contributed by atoms with E-state index in [1.54, 1.807) is 12.1 Å². The molecule has 0 bridgehead atoms. The van der Waals surface area contributed by atoms with Crippen molar-refractivity contribution in [3.05, 3.63) is 245 Å². The standard InChI is InChI=1S/C20H18O.C14H13BrO.C12H10O2.C6H5Br.3C2H6.CH3.Pd/c1-16-12-13-19(18-10-6-3-7-11-18)20(14-16)21-15-17-8-4-2-5-9-17;1-11-7-8-13(15)14(9-11)16-10-12-5-3-2-4-6-12;13-10-6-7-11(12(14)8-10)9-4-2-1-3-5-9;7-6-4-2-1-3-5-6;3*1-2;;/h2-14H,15H2,1H3;2-9H,10H2,1H3;1-8,13-14H;1-5H;3*1-2H3;1H3;/q;;;;;;;-1;. The molecule has 0 fully saturated rings. The number of phenols is 2. The fourth-order valence-corrected chi connectivity index (χ4v) is 6.26. The van der Waals surface area contributed by atoms with E-state index in [2.05, 4.69) is 119 Å². The SMILES string of the molecule is Brc1ccccc1.CC.CC.CC.Cc1ccc(-c2ccccc2)c(OCc2ccccc2)c1.Cc1ccc(Br)c(OCc2ccccc2)c1.Oc1ccc(-c2ccccc2)c(O)c1.[CH3-].[Pd]. The molecule has 0 radical (unpaired) electrons. The smallest absolute Gasteiger partial charge is 0.134 e. The first-order valence-corrected chi connectivity index (χ1v) is 23.4. The summed E-state index contributed by atoms with van der Waals surface area (Å²) < 4.78 is 13.9. The summed E-state index contributed by atoms with van der Waals surface area (Å²) in [5.74, 6) is 1.99. The summed E-state index contributed by atoms with van der Waals surface area (Å²) in [7, 11) is 0. The maximum Gasteiger partial charge on any atom is 0.134 e. The average Bonchev–Trinajstić information content (AvgIpc) is 3.35. The second-order valence-corrected chi connectivity index (χ2v) is 15.0. The van der Waals surface area contributed by atoms with Gasteiger partial charge in [-0.15, -0.1) is 0 Å². The van der Waals surface area contributed by atoms with E-state index in [1.165, 1.54) is 33.9 Å². The normalized spacial score (nSPS) is 9.06. The van der Waals surface area contributed by atoms with Crippen LogP contribution in [0.25, 0.3) is 22.3 Å². The topological polar surface area (TPSA) is 58.9 Å². The van der Waals surface area contributed by atoms with Gasteiger partial charge in [-0.3, -0.25) is 0 Å². The van der Waals surface area contributed by atoms with Crippen LogP contribution in [-0.4, -0.2) is 10.2 Å². The van der Waals surface area contributed by atoms with E-state index in [4.69, 9.17) is 14.6 Å². The van der Waals surface area contributed by atoms with Gasteiger partial charge in [0.15, 0.2) is 0 Å². The molecular formula is C59H67Br2O4Pd-. The van der Waals surface area contributed by atoms with E-state index in [9.17, 15) is 5.11 Å². The molecule has 0 unspecified atom stereocenters. The Labute approximate surface area is 427 Å². The van der Waals surface area contributed by atoms with Gasteiger partial charge in [0.2, 0.25) is 0 Å². The maximum atomic E-state index is 9.58. The van der Waals surface area contributed by atoms with E-state index >= 15 is 0 Å². The van der Waals surface area contributed by atoms with Crippen molar-refractivity contribution in [2.45, 2.75) is 68.6 Å². The molecule has 352 valence electrons. The Morgan fingerprint density at radius 3 is 1.20 bits per heavy atom. The number of ether oxygens (including phenoxy) is 2. The molecule has 0 aliphatic heterocycles. The Hall–Kier alpha value is -5.42. The summed E-state index contributed by atoms with van der Waals surface area (Å²) in [6.45, 7) is 17.3. The summed E-state index contributed by atoms with van der Waals surface area (Å²) in [5.41, 5.74) is 8.74. The molecule has 66 heavy (non-hydrogen) atoms. The van der Waals surface area contributed by atoms with Crippen molar-refractivity contribution in [3.8, 4) is 45.3 Å². The van der Waals surface area contributed by atoms with E-state index in [0.717, 1.165) is 37.1 Å². The van der Waals surface area contributed by atoms with Crippen LogP contribution < -0.4 is 9.47 Å². The fourth-order valence-electron chi connectivity index (χ4n) is 5.59. The van der Waals surface area contributed by atoms with Crippen molar-refractivity contribution < 1.29 is 40.1 Å². The molecule has 0 saturated heterocycles. The first-order chi connectivity index (χ1) is 31.2. The van der Waals surface area contributed by atoms with Crippen molar-refractivity contribution in [1.29, 1.82) is 0 Å². The van der Waals surface area contributed by atoms with Gasteiger partial charge in [-0.2, -0.15) is 0 Å². The second-order valence-electron chi connectivity index (χ2n) is 13.2. The molecule has 0 aliphatic rings. The Morgan fingerprint density at radius 1 is 0.409 bits per heavy atom. The van der Waals surface area contributed by atoms with E-state index in [1.807, 2.05) is 157 Å². The first kappa shape index (κ1) is 60.6. The number of rotatable bonds is 8. The third kappa shape index (κ3) is 23.2. The maximum absolute atomic E-state index is 9.58. The number of aromatic hydroxyl groups is 2. The quantitative estimate of drug-likeness (QED) is 0.118. The zero-order valence-electron chi connectivity index (χ0n) is 39.8. The van der Waals surface area contributed by atoms with Crippen LogP contribution in [0.15, 0.2) is 215 Å². The zero-order chi connectivity index (χ0) is 47.0. The van der Waals surface area contributed by atoms with Crippen molar-refractivity contribution in [1.82, 2.24) is 0 Å². The second kappa shape index (κ2) is 36.8. The first-order valence-electron chi connectivity index (χ1n) is 21.8. The van der Waals surface area contributed by atoms with Crippen LogP contribution in [0.2, 0.25) is 0 Å². The molecule has 0 saturated carbocycles. The van der Waals surface area contributed by atoms with Crippen molar-refractivity contribution in [2.75, 3.05) is 0 Å². The van der Waals surface area contributed by atoms with Gasteiger partial charge >= 0.3 is 0 Å². The number of aryl methyl sites for hydroxylation is 2. The number of hydrogen-bond donors (Lipinski definition) is 2. The van der Waals surface area contributed by atoms with Crippen LogP contribution in [-0.2, 0) is 33.6 Å². The van der Waals surface area contributed by atoms with Gasteiger partial charge in [-0.1, -0.05) is 215 Å². The van der Waals surface area contributed by atoms with Gasteiger partial charge < -0.3 is 27.1 Å². The predicted molar refractivity (Wildman–Crippen MR) is 287 cm³/mol. The summed E-state index contributed by atoms with van der Waals surface area (Å²) in [4.78, 5) is 0. The van der Waals surface area contributed by atoms with Gasteiger partial charge in [0.25, 0.3) is 0 Å². The Kier molecular flexibility index (Phi) is 33.7. The average molecular weight is 1110 g/mol. The summed E-state index contributed by atoms with van der Waals surface area (Å²) >= 11 is 6.79. The van der Waals surface area contributed by atoms with Crippen LogP contribution in [0.4, 0.5) is 0 Å². The predicted octanol–water partition coefficient (Wildman–Crippen LogP) is 18.3. The molecule has 8 aromatic carbocycles. The minimum atomic E-state index is 0. The summed E-state index contributed by atoms with van der Waals surface area (Å²) in [5, 5.41) is 18.7. The minimum absolute atomic E-state index is 0. The Bertz CT molecular complexity index is 2400. The van der Waals surface area contributed by atoms with Crippen LogP contribution in [0.5, 0.6) is 23.0 Å². The van der Waals surface area contributed by atoms with E-state index in [0.29, 0.717) is 13.2 Å². The van der Waals surface area contributed by atoms with Gasteiger partial charge in [0, 0.05) is 42.1 Å². The Morgan fingerprint density at radius 2 is 0.773 bits per heavy atom.